The molecule has 0 fully saturated rings. The van der Waals surface area contributed by atoms with Gasteiger partial charge in [-0.3, -0.25) is 9.10 Å². The van der Waals surface area contributed by atoms with Crippen molar-refractivity contribution >= 4 is 38.1 Å². The summed E-state index contributed by atoms with van der Waals surface area (Å²) < 4.78 is 27.2. The Morgan fingerprint density at radius 2 is 1.65 bits per heavy atom. The Kier molecular flexibility index (Phi) is 3.92. The van der Waals surface area contributed by atoms with Crippen LogP contribution >= 0.6 is 0 Å². The van der Waals surface area contributed by atoms with Crippen LogP contribution in [0.15, 0.2) is 71.6 Å². The van der Waals surface area contributed by atoms with Crippen molar-refractivity contribution in [2.24, 2.45) is 0 Å². The summed E-state index contributed by atoms with van der Waals surface area (Å²) in [4.78, 5) is 14.8. The second-order valence-electron chi connectivity index (χ2n) is 6.12. The van der Waals surface area contributed by atoms with Crippen molar-refractivity contribution in [1.29, 1.82) is 0 Å². The van der Waals surface area contributed by atoms with Crippen molar-refractivity contribution < 1.29 is 13.2 Å². The normalized spacial score (nSPS) is 14.6. The van der Waals surface area contributed by atoms with E-state index < -0.39 is 10.0 Å². The number of rotatable bonds is 4. The summed E-state index contributed by atoms with van der Waals surface area (Å²) in [5, 5.41) is 1.54. The number of anilines is 2. The van der Waals surface area contributed by atoms with Gasteiger partial charge in [-0.05, 0) is 36.6 Å². The number of sulfonamides is 1. The third-order valence-corrected chi connectivity index (χ3v) is 6.45. The largest absolute Gasteiger partial charge is 0.311 e. The Balaban J connectivity index is 1.73. The number of likely N-dealkylation sites (N-methyl/N-ethyl adjacent to an activating group) is 1. The Bertz CT molecular complexity index is 1090. The molecule has 132 valence electrons. The van der Waals surface area contributed by atoms with Crippen LogP contribution < -0.4 is 9.21 Å². The fourth-order valence-corrected chi connectivity index (χ4v) is 5.11. The van der Waals surface area contributed by atoms with Gasteiger partial charge in [0.15, 0.2) is 0 Å². The molecule has 0 radical (unpaired) electrons. The molecular formula is C20H18N2O3S. The lowest BCUT2D eigenvalue weighted by atomic mass is 10.1. The van der Waals surface area contributed by atoms with Gasteiger partial charge in [0.1, 0.15) is 6.54 Å². The fourth-order valence-electron chi connectivity index (χ4n) is 3.45. The summed E-state index contributed by atoms with van der Waals surface area (Å²) in [6.45, 7) is 2.12. The number of benzene rings is 3. The third kappa shape index (κ3) is 2.45. The van der Waals surface area contributed by atoms with Gasteiger partial charge in [0.05, 0.1) is 10.6 Å². The molecule has 0 saturated heterocycles. The summed E-state index contributed by atoms with van der Waals surface area (Å²) in [6, 6.07) is 19.9. The highest BCUT2D eigenvalue weighted by Gasteiger charge is 2.37. The van der Waals surface area contributed by atoms with Gasteiger partial charge in [0, 0.05) is 17.6 Å². The number of carbonyl (C=O) groups excluding carboxylic acids is 1. The Labute approximate surface area is 152 Å². The van der Waals surface area contributed by atoms with E-state index in [1.807, 2.05) is 55.5 Å². The van der Waals surface area contributed by atoms with Crippen LogP contribution in [0, 0.1) is 0 Å². The minimum atomic E-state index is -3.73. The first kappa shape index (κ1) is 16.6. The molecule has 3 aromatic carbocycles. The Morgan fingerprint density at radius 1 is 0.962 bits per heavy atom. The van der Waals surface area contributed by atoms with Gasteiger partial charge in [-0.2, -0.15) is 0 Å². The first-order valence-corrected chi connectivity index (χ1v) is 9.88. The van der Waals surface area contributed by atoms with Crippen molar-refractivity contribution in [3.63, 3.8) is 0 Å². The van der Waals surface area contributed by atoms with Crippen LogP contribution in [0.1, 0.15) is 6.92 Å². The van der Waals surface area contributed by atoms with Gasteiger partial charge in [0.2, 0.25) is 5.91 Å². The summed E-state index contributed by atoms with van der Waals surface area (Å²) in [5.74, 6) is -0.257. The van der Waals surface area contributed by atoms with E-state index in [1.165, 1.54) is 4.31 Å². The average molecular weight is 366 g/mol. The van der Waals surface area contributed by atoms with E-state index >= 15 is 0 Å². The molecule has 0 unspecified atom stereocenters. The zero-order valence-corrected chi connectivity index (χ0v) is 15.1. The molecule has 3 aromatic rings. The van der Waals surface area contributed by atoms with E-state index in [4.69, 9.17) is 0 Å². The molecule has 6 heteroatoms. The number of hydrogen-bond acceptors (Lipinski definition) is 3. The molecule has 0 N–H and O–H groups in total. The van der Waals surface area contributed by atoms with Gasteiger partial charge in [0.25, 0.3) is 10.0 Å². The number of amides is 1. The lowest BCUT2D eigenvalue weighted by Crippen LogP contribution is -2.41. The predicted octanol–water partition coefficient (Wildman–Crippen LogP) is 3.40. The first-order chi connectivity index (χ1) is 12.5. The highest BCUT2D eigenvalue weighted by molar-refractivity contribution is 7.93. The van der Waals surface area contributed by atoms with Crippen LogP contribution in [-0.2, 0) is 14.8 Å². The number of carbonyl (C=O) groups is 1. The van der Waals surface area contributed by atoms with E-state index in [1.54, 1.807) is 23.1 Å². The number of para-hydroxylation sites is 1. The first-order valence-electron chi connectivity index (χ1n) is 8.44. The maximum absolute atomic E-state index is 13.0. The van der Waals surface area contributed by atoms with Crippen molar-refractivity contribution in [3.05, 3.63) is 66.7 Å². The monoisotopic (exact) mass is 366 g/mol. The topological polar surface area (TPSA) is 57.7 Å². The molecule has 1 heterocycles. The molecule has 1 aliphatic rings. The summed E-state index contributed by atoms with van der Waals surface area (Å²) in [5.41, 5.74) is 1.32. The third-order valence-electron chi connectivity index (χ3n) is 4.65. The standard InChI is InChI=1S/C20H18N2O3S/c1-2-21(16-10-4-3-5-11-16)19(23)14-22-17-12-6-8-15-9-7-13-18(20(15)17)26(22,24)25/h3-13H,2,14H2,1H3. The lowest BCUT2D eigenvalue weighted by Gasteiger charge is -2.25. The molecule has 26 heavy (non-hydrogen) atoms. The van der Waals surface area contributed by atoms with Crippen LogP contribution in [0.2, 0.25) is 0 Å². The van der Waals surface area contributed by atoms with Gasteiger partial charge in [-0.25, -0.2) is 8.42 Å². The van der Waals surface area contributed by atoms with Gasteiger partial charge in [-0.1, -0.05) is 42.5 Å². The molecule has 0 atom stereocenters. The molecule has 1 amide bonds. The van der Waals surface area contributed by atoms with Crippen LogP contribution in [0.3, 0.4) is 0 Å². The number of nitrogens with zero attached hydrogens (tertiary/aromatic N) is 2. The SMILES string of the molecule is CCN(C(=O)CN1c2cccc3cccc(c23)S1(=O)=O)c1ccccc1. The fraction of sp³-hybridized carbons (Fsp3) is 0.150. The maximum Gasteiger partial charge on any atom is 0.265 e. The molecular weight excluding hydrogens is 348 g/mol. The molecule has 5 nitrogen and oxygen atoms in total. The van der Waals surface area contributed by atoms with Crippen molar-refractivity contribution in [2.75, 3.05) is 22.3 Å². The zero-order chi connectivity index (χ0) is 18.3. The minimum absolute atomic E-state index is 0.223. The number of hydrogen-bond donors (Lipinski definition) is 0. The molecule has 0 aliphatic carbocycles. The summed E-state index contributed by atoms with van der Waals surface area (Å²) in [7, 11) is -3.73. The molecule has 0 saturated carbocycles. The Morgan fingerprint density at radius 3 is 2.35 bits per heavy atom. The summed E-state index contributed by atoms with van der Waals surface area (Å²) in [6.07, 6.45) is 0. The van der Waals surface area contributed by atoms with Crippen LogP contribution in [0.25, 0.3) is 10.8 Å². The highest BCUT2D eigenvalue weighted by Crippen LogP contribution is 2.41. The molecule has 0 bridgehead atoms. The van der Waals surface area contributed by atoms with E-state index in [2.05, 4.69) is 0 Å². The lowest BCUT2D eigenvalue weighted by molar-refractivity contribution is -0.117. The quantitative estimate of drug-likeness (QED) is 0.711. The van der Waals surface area contributed by atoms with Gasteiger partial charge in [-0.15, -0.1) is 0 Å². The van der Waals surface area contributed by atoms with Crippen LogP contribution in [0.4, 0.5) is 11.4 Å². The smallest absolute Gasteiger partial charge is 0.265 e. The molecule has 4 rings (SSSR count). The van der Waals surface area contributed by atoms with E-state index in [0.29, 0.717) is 17.6 Å². The molecule has 0 aromatic heterocycles. The van der Waals surface area contributed by atoms with Crippen molar-refractivity contribution in [1.82, 2.24) is 0 Å². The van der Waals surface area contributed by atoms with Crippen LogP contribution in [-0.4, -0.2) is 27.4 Å². The van der Waals surface area contributed by atoms with E-state index in [-0.39, 0.29) is 17.3 Å². The van der Waals surface area contributed by atoms with E-state index in [0.717, 1.165) is 11.1 Å². The second kappa shape index (κ2) is 6.14. The second-order valence-corrected chi connectivity index (χ2v) is 7.95. The van der Waals surface area contributed by atoms with E-state index in [9.17, 15) is 13.2 Å². The highest BCUT2D eigenvalue weighted by atomic mass is 32.2. The molecule has 1 aliphatic heterocycles. The Hall–Kier alpha value is -2.86. The average Bonchev–Trinajstić information content (AvgIpc) is 2.87. The van der Waals surface area contributed by atoms with Gasteiger partial charge < -0.3 is 4.90 Å². The predicted molar refractivity (Wildman–Crippen MR) is 103 cm³/mol. The van der Waals surface area contributed by atoms with Crippen molar-refractivity contribution in [2.45, 2.75) is 11.8 Å². The van der Waals surface area contributed by atoms with Gasteiger partial charge >= 0.3 is 0 Å². The van der Waals surface area contributed by atoms with Crippen LogP contribution in [0.5, 0.6) is 0 Å². The minimum Gasteiger partial charge on any atom is -0.311 e. The maximum atomic E-state index is 13.0. The molecule has 0 spiro atoms. The zero-order valence-electron chi connectivity index (χ0n) is 14.3. The van der Waals surface area contributed by atoms with Crippen molar-refractivity contribution in [3.8, 4) is 0 Å². The summed E-state index contributed by atoms with van der Waals surface area (Å²) >= 11 is 0.